The molecule has 1 aromatic heterocycles. The maximum atomic E-state index is 10.9. The van der Waals surface area contributed by atoms with Crippen LogP contribution in [0.3, 0.4) is 0 Å². The minimum absolute atomic E-state index is 0.181. The van der Waals surface area contributed by atoms with Crippen LogP contribution in [-0.2, 0) is 4.79 Å². The number of aromatic nitrogens is 1. The van der Waals surface area contributed by atoms with Crippen molar-refractivity contribution in [2.45, 2.75) is 6.92 Å². The van der Waals surface area contributed by atoms with Crippen molar-refractivity contribution in [2.75, 3.05) is 5.32 Å². The maximum Gasteiger partial charge on any atom is 0.222 e. The molecule has 0 aliphatic heterocycles. The Labute approximate surface area is 92.1 Å². The van der Waals surface area contributed by atoms with Crippen LogP contribution < -0.4 is 5.32 Å². The minimum Gasteiger partial charge on any atom is -0.310 e. The molecule has 0 fully saturated rings. The summed E-state index contributed by atoms with van der Waals surface area (Å²) in [5.41, 5.74) is 0.811. The van der Waals surface area contributed by atoms with Gasteiger partial charge in [-0.05, 0) is 12.1 Å². The summed E-state index contributed by atoms with van der Waals surface area (Å²) in [5, 5.41) is 3.99. The van der Waals surface area contributed by atoms with E-state index >= 15 is 0 Å². The van der Waals surface area contributed by atoms with Crippen molar-refractivity contribution in [1.29, 1.82) is 0 Å². The number of anilines is 1. The molecule has 0 bridgehead atoms. The van der Waals surface area contributed by atoms with Gasteiger partial charge in [-0.3, -0.25) is 4.79 Å². The van der Waals surface area contributed by atoms with Crippen LogP contribution in [0.15, 0.2) is 30.3 Å². The van der Waals surface area contributed by atoms with Gasteiger partial charge in [0.1, 0.15) is 0 Å². The Morgan fingerprint density at radius 3 is 2.87 bits per heavy atom. The molecule has 0 aliphatic rings. The van der Waals surface area contributed by atoms with E-state index in [9.17, 15) is 4.79 Å². The molecule has 1 amide bonds. The number of halogens is 1. The van der Waals surface area contributed by atoms with E-state index in [4.69, 9.17) is 11.6 Å². The molecule has 0 spiro atoms. The predicted octanol–water partition coefficient (Wildman–Crippen LogP) is 2.85. The standard InChI is InChI=1S/C11H9ClN2O/c1-7(15)13-11-9(12)6-8-4-2-3-5-10(8)14-11/h2-6H,1H3,(H,13,14,15). The largest absolute Gasteiger partial charge is 0.310 e. The van der Waals surface area contributed by atoms with Crippen molar-refractivity contribution in [1.82, 2.24) is 4.98 Å². The summed E-state index contributed by atoms with van der Waals surface area (Å²) in [6.45, 7) is 1.42. The minimum atomic E-state index is -0.181. The van der Waals surface area contributed by atoms with Gasteiger partial charge in [0.25, 0.3) is 0 Å². The van der Waals surface area contributed by atoms with Crippen molar-refractivity contribution in [3.05, 3.63) is 35.4 Å². The maximum absolute atomic E-state index is 10.9. The molecule has 2 aromatic rings. The van der Waals surface area contributed by atoms with Gasteiger partial charge in [0, 0.05) is 12.3 Å². The molecule has 0 aliphatic carbocycles. The van der Waals surface area contributed by atoms with E-state index in [0.29, 0.717) is 10.8 Å². The number of hydrogen-bond acceptors (Lipinski definition) is 2. The zero-order chi connectivity index (χ0) is 10.8. The van der Waals surface area contributed by atoms with Crippen molar-refractivity contribution in [3.8, 4) is 0 Å². The second kappa shape index (κ2) is 3.87. The van der Waals surface area contributed by atoms with E-state index in [2.05, 4.69) is 10.3 Å². The van der Waals surface area contributed by atoms with Gasteiger partial charge < -0.3 is 5.32 Å². The number of para-hydroxylation sites is 1. The summed E-state index contributed by atoms with van der Waals surface area (Å²) >= 11 is 5.97. The summed E-state index contributed by atoms with van der Waals surface area (Å²) in [4.78, 5) is 15.1. The number of amides is 1. The van der Waals surface area contributed by atoms with Crippen LogP contribution in [0, 0.1) is 0 Å². The fourth-order valence-corrected chi connectivity index (χ4v) is 1.55. The summed E-state index contributed by atoms with van der Waals surface area (Å²) in [5.74, 6) is 0.225. The summed E-state index contributed by atoms with van der Waals surface area (Å²) in [6, 6.07) is 9.39. The second-order valence-corrected chi connectivity index (χ2v) is 3.60. The number of nitrogens with one attached hydrogen (secondary N) is 1. The smallest absolute Gasteiger partial charge is 0.222 e. The lowest BCUT2D eigenvalue weighted by Crippen LogP contribution is -2.07. The van der Waals surface area contributed by atoms with Crippen molar-refractivity contribution in [2.24, 2.45) is 0 Å². The molecule has 0 atom stereocenters. The number of carbonyl (C=O) groups is 1. The van der Waals surface area contributed by atoms with Crippen molar-refractivity contribution < 1.29 is 4.79 Å². The van der Waals surface area contributed by atoms with Gasteiger partial charge in [-0.15, -0.1) is 0 Å². The molecule has 1 aromatic carbocycles. The number of rotatable bonds is 1. The van der Waals surface area contributed by atoms with Gasteiger partial charge in [0.05, 0.1) is 10.5 Å². The van der Waals surface area contributed by atoms with E-state index in [1.807, 2.05) is 24.3 Å². The van der Waals surface area contributed by atoms with Gasteiger partial charge in [-0.1, -0.05) is 29.8 Å². The molecule has 0 unspecified atom stereocenters. The highest BCUT2D eigenvalue weighted by Crippen LogP contribution is 2.24. The lowest BCUT2D eigenvalue weighted by Gasteiger charge is -2.05. The Kier molecular flexibility index (Phi) is 2.56. The molecule has 0 radical (unpaired) electrons. The molecule has 1 N–H and O–H groups in total. The molecular formula is C11H9ClN2O. The van der Waals surface area contributed by atoms with Crippen LogP contribution in [0.4, 0.5) is 5.82 Å². The van der Waals surface area contributed by atoms with Crippen LogP contribution in [0.2, 0.25) is 5.02 Å². The first-order chi connectivity index (χ1) is 7.16. The molecule has 1 heterocycles. The van der Waals surface area contributed by atoms with E-state index in [1.54, 1.807) is 6.07 Å². The third-order valence-corrected chi connectivity index (χ3v) is 2.26. The topological polar surface area (TPSA) is 42.0 Å². The quantitative estimate of drug-likeness (QED) is 0.803. The Hall–Kier alpha value is -1.61. The first kappa shape index (κ1) is 9.93. The molecule has 2 rings (SSSR count). The Morgan fingerprint density at radius 1 is 1.40 bits per heavy atom. The molecule has 3 nitrogen and oxygen atoms in total. The average Bonchev–Trinajstić information content (AvgIpc) is 2.18. The van der Waals surface area contributed by atoms with Crippen LogP contribution in [0.25, 0.3) is 10.9 Å². The highest BCUT2D eigenvalue weighted by molar-refractivity contribution is 6.34. The van der Waals surface area contributed by atoms with Gasteiger partial charge in [0.15, 0.2) is 5.82 Å². The first-order valence-corrected chi connectivity index (χ1v) is 4.87. The fourth-order valence-electron chi connectivity index (χ4n) is 1.34. The van der Waals surface area contributed by atoms with E-state index in [0.717, 1.165) is 10.9 Å². The fraction of sp³-hybridized carbons (Fsp3) is 0.0909. The third kappa shape index (κ3) is 2.07. The molecule has 76 valence electrons. The third-order valence-electron chi connectivity index (χ3n) is 1.97. The van der Waals surface area contributed by atoms with Gasteiger partial charge in [-0.25, -0.2) is 4.98 Å². The number of fused-ring (bicyclic) bond motifs is 1. The lowest BCUT2D eigenvalue weighted by molar-refractivity contribution is -0.114. The Morgan fingerprint density at radius 2 is 2.13 bits per heavy atom. The lowest BCUT2D eigenvalue weighted by atomic mass is 10.2. The first-order valence-electron chi connectivity index (χ1n) is 4.50. The molecule has 4 heteroatoms. The highest BCUT2D eigenvalue weighted by Gasteiger charge is 2.05. The zero-order valence-corrected chi connectivity index (χ0v) is 8.88. The molecular weight excluding hydrogens is 212 g/mol. The van der Waals surface area contributed by atoms with Gasteiger partial charge in [0.2, 0.25) is 5.91 Å². The highest BCUT2D eigenvalue weighted by atomic mass is 35.5. The second-order valence-electron chi connectivity index (χ2n) is 3.19. The number of benzene rings is 1. The van der Waals surface area contributed by atoms with Crippen LogP contribution in [0.5, 0.6) is 0 Å². The normalized spacial score (nSPS) is 10.3. The Bertz CT molecular complexity index is 525. The van der Waals surface area contributed by atoms with Crippen molar-refractivity contribution >= 4 is 34.2 Å². The summed E-state index contributed by atoms with van der Waals surface area (Å²) < 4.78 is 0. The molecule has 15 heavy (non-hydrogen) atoms. The number of nitrogens with zero attached hydrogens (tertiary/aromatic N) is 1. The van der Waals surface area contributed by atoms with Crippen molar-refractivity contribution in [3.63, 3.8) is 0 Å². The number of carbonyl (C=O) groups excluding carboxylic acids is 1. The SMILES string of the molecule is CC(=O)Nc1nc2ccccc2cc1Cl. The summed E-state index contributed by atoms with van der Waals surface area (Å²) in [7, 11) is 0. The van der Waals surface area contributed by atoms with Crippen LogP contribution in [0.1, 0.15) is 6.92 Å². The van der Waals surface area contributed by atoms with Gasteiger partial charge in [-0.2, -0.15) is 0 Å². The average molecular weight is 221 g/mol. The van der Waals surface area contributed by atoms with E-state index < -0.39 is 0 Å². The zero-order valence-electron chi connectivity index (χ0n) is 8.12. The van der Waals surface area contributed by atoms with Gasteiger partial charge >= 0.3 is 0 Å². The Balaban J connectivity index is 2.56. The van der Waals surface area contributed by atoms with Crippen LogP contribution in [-0.4, -0.2) is 10.9 Å². The van der Waals surface area contributed by atoms with Crippen LogP contribution >= 0.6 is 11.6 Å². The predicted molar refractivity (Wildman–Crippen MR) is 61.1 cm³/mol. The molecule has 0 saturated heterocycles. The number of pyridine rings is 1. The van der Waals surface area contributed by atoms with E-state index in [-0.39, 0.29) is 5.91 Å². The monoisotopic (exact) mass is 220 g/mol. The summed E-state index contributed by atoms with van der Waals surface area (Å²) in [6.07, 6.45) is 0. The number of hydrogen-bond donors (Lipinski definition) is 1. The van der Waals surface area contributed by atoms with E-state index in [1.165, 1.54) is 6.92 Å². The molecule has 0 saturated carbocycles.